The van der Waals surface area contributed by atoms with Crippen LogP contribution in [0.15, 0.2) is 24.3 Å². The third-order valence-corrected chi connectivity index (χ3v) is 11.1. The monoisotopic (exact) mass is 1020 g/mol. The number of rotatable bonds is 36. The van der Waals surface area contributed by atoms with Gasteiger partial charge in [0.25, 0.3) is 0 Å². The van der Waals surface area contributed by atoms with Gasteiger partial charge in [-0.3, -0.25) is 47.9 Å². The smallest absolute Gasteiger partial charge is 0.325 e. The average Bonchev–Trinajstić information content (AvgIpc) is 3.31. The molecule has 26 heteroatoms. The summed E-state index contributed by atoms with van der Waals surface area (Å²) in [5.74, 6) is -9.55. The first-order valence-electron chi connectivity index (χ1n) is 24.2. The molecule has 0 aliphatic rings. The third-order valence-electron chi connectivity index (χ3n) is 11.1. The second-order valence-electron chi connectivity index (χ2n) is 18.0. The van der Waals surface area contributed by atoms with Crippen molar-refractivity contribution >= 4 is 59.1 Å². The zero-order valence-corrected chi connectivity index (χ0v) is 41.7. The Morgan fingerprint density at radius 3 is 1.53 bits per heavy atom. The number of phenols is 1. The van der Waals surface area contributed by atoms with Gasteiger partial charge in [0.05, 0.1) is 25.1 Å². The molecule has 0 aliphatic carbocycles. The Morgan fingerprint density at radius 2 is 1.01 bits per heavy atom. The summed E-state index contributed by atoms with van der Waals surface area (Å²) in [6.07, 6.45) is 0.638. The van der Waals surface area contributed by atoms with E-state index in [0.717, 1.165) is 0 Å². The predicted octanol–water partition coefficient (Wildman–Crippen LogP) is -4.43. The van der Waals surface area contributed by atoms with E-state index < -0.39 is 127 Å². The number of primary amides is 1. The maximum Gasteiger partial charge on any atom is 0.325 e. The van der Waals surface area contributed by atoms with E-state index in [2.05, 4.69) is 42.5 Å². The highest BCUT2D eigenvalue weighted by atomic mass is 16.4. The highest BCUT2D eigenvalue weighted by Gasteiger charge is 2.35. The standard InChI is InChI=1S/C46H79N13O13/c1-25(2)21-33(57-44(69)35(23-36(51)62)56-39(64)30(50)11-5-8-18-47)43(68)55-32(13-7-10-20-49)41(66)59-38(27(4)60)45(70)52-24-37(63)54-31(12-6-9-19-48)40(65)58-34(42(67)53-26(3)46(71)72)22-28-14-16-29(61)17-15-28/h14-17,25-27,30-35,38,60-61H,5-13,18-24,47-50H2,1-4H3,(H2,51,62)(H,52,70)(H,53,67)(H,54,63)(H,55,68)(H,56,64)(H,57,69)(H,58,65)(H,59,66)(H,71,72)/t26-,27+,30-,31-,32-,33-,34-,35-,38-/m0/s1. The van der Waals surface area contributed by atoms with E-state index in [-0.39, 0.29) is 56.9 Å². The average molecular weight is 1020 g/mol. The Hall–Kier alpha value is -6.48. The number of unbranched alkanes of at least 4 members (excludes halogenated alkanes) is 3. The lowest BCUT2D eigenvalue weighted by atomic mass is 10.0. The van der Waals surface area contributed by atoms with Gasteiger partial charge in [-0.05, 0) is 115 Å². The molecule has 1 aromatic rings. The number of amides is 9. The van der Waals surface area contributed by atoms with Gasteiger partial charge < -0.3 is 86.5 Å². The maximum absolute atomic E-state index is 13.9. The number of carboxylic acid groups (broad SMARTS) is 1. The van der Waals surface area contributed by atoms with Crippen LogP contribution in [0.3, 0.4) is 0 Å². The quantitative estimate of drug-likeness (QED) is 0.0282. The highest BCUT2D eigenvalue weighted by Crippen LogP contribution is 2.13. The lowest BCUT2D eigenvalue weighted by Gasteiger charge is -2.28. The summed E-state index contributed by atoms with van der Waals surface area (Å²) in [5.41, 5.74) is 28.7. The summed E-state index contributed by atoms with van der Waals surface area (Å²) in [6.45, 7) is 6.04. The molecule has 0 saturated carbocycles. The van der Waals surface area contributed by atoms with E-state index in [1.54, 1.807) is 13.8 Å². The molecule has 0 aromatic heterocycles. The fourth-order valence-corrected chi connectivity index (χ4v) is 7.01. The number of carbonyl (C=O) groups is 10. The molecular formula is C46H79N13O13. The minimum Gasteiger partial charge on any atom is -0.508 e. The number of aliphatic hydroxyl groups excluding tert-OH is 1. The first kappa shape index (κ1) is 63.5. The summed E-state index contributed by atoms with van der Waals surface area (Å²) in [7, 11) is 0. The number of aliphatic carboxylic acids is 1. The van der Waals surface area contributed by atoms with Crippen molar-refractivity contribution in [2.24, 2.45) is 34.6 Å². The van der Waals surface area contributed by atoms with Gasteiger partial charge in [0.15, 0.2) is 0 Å². The fraction of sp³-hybridized carbons (Fsp3) is 0.652. The van der Waals surface area contributed by atoms with Crippen LogP contribution in [0.5, 0.6) is 5.75 Å². The number of carboxylic acids is 1. The van der Waals surface area contributed by atoms with Crippen LogP contribution in [-0.2, 0) is 54.4 Å². The number of aromatic hydroxyl groups is 1. The first-order chi connectivity index (χ1) is 33.9. The normalized spacial score (nSPS) is 14.9. The molecule has 26 nitrogen and oxygen atoms in total. The van der Waals surface area contributed by atoms with E-state index in [1.807, 2.05) is 0 Å². The SMILES string of the molecule is CC(C)C[C@H](NC(=O)[C@H](CC(N)=O)NC(=O)[C@@H](N)CCCCN)C(=O)N[C@@H](CCCCN)C(=O)N[C@H](C(=O)NCC(=O)N[C@@H](CCCCN)C(=O)N[C@@H](Cc1ccc(O)cc1)C(=O)N[C@@H](C)C(=O)O)[C@@H](C)O. The summed E-state index contributed by atoms with van der Waals surface area (Å²) in [6, 6.07) is -5.12. The van der Waals surface area contributed by atoms with Crippen LogP contribution in [0, 0.1) is 5.92 Å². The highest BCUT2D eigenvalue weighted by molar-refractivity contribution is 5.98. The topological polar surface area (TPSA) is 458 Å². The Morgan fingerprint density at radius 1 is 0.556 bits per heavy atom. The number of hydrogen-bond acceptors (Lipinski definition) is 16. The van der Waals surface area contributed by atoms with Gasteiger partial charge in [0.1, 0.15) is 48.0 Å². The Kier molecular flexibility index (Phi) is 30.0. The van der Waals surface area contributed by atoms with E-state index in [4.69, 9.17) is 28.7 Å². The number of aliphatic hydroxyl groups is 1. The molecule has 0 bridgehead atoms. The lowest BCUT2D eigenvalue weighted by Crippen LogP contribution is -2.60. The van der Waals surface area contributed by atoms with Crippen LogP contribution in [0.1, 0.15) is 104 Å². The number of hydrogen-bond donors (Lipinski definition) is 16. The second kappa shape index (κ2) is 34.0. The molecule has 0 aliphatic heterocycles. The summed E-state index contributed by atoms with van der Waals surface area (Å²) < 4.78 is 0. The fourth-order valence-electron chi connectivity index (χ4n) is 7.01. The van der Waals surface area contributed by atoms with Crippen molar-refractivity contribution in [3.63, 3.8) is 0 Å². The number of nitrogens with one attached hydrogen (secondary N) is 8. The number of phenolic OH excluding ortho intramolecular Hbond substituents is 1. The molecule has 1 aromatic carbocycles. The van der Waals surface area contributed by atoms with Crippen molar-refractivity contribution < 1.29 is 63.3 Å². The van der Waals surface area contributed by atoms with Crippen LogP contribution in [-0.4, -0.2) is 155 Å². The van der Waals surface area contributed by atoms with Crippen molar-refractivity contribution in [2.75, 3.05) is 26.2 Å². The van der Waals surface area contributed by atoms with Gasteiger partial charge in [-0.2, -0.15) is 0 Å². The van der Waals surface area contributed by atoms with Crippen molar-refractivity contribution in [1.82, 2.24) is 42.5 Å². The van der Waals surface area contributed by atoms with Crippen LogP contribution in [0.25, 0.3) is 0 Å². The van der Waals surface area contributed by atoms with Crippen LogP contribution in [0.2, 0.25) is 0 Å². The van der Waals surface area contributed by atoms with Crippen LogP contribution < -0.4 is 71.2 Å². The zero-order valence-electron chi connectivity index (χ0n) is 41.7. The van der Waals surface area contributed by atoms with E-state index in [0.29, 0.717) is 50.6 Å². The van der Waals surface area contributed by atoms with Gasteiger partial charge in [-0.15, -0.1) is 0 Å². The number of carbonyl (C=O) groups excluding carboxylic acids is 9. The van der Waals surface area contributed by atoms with E-state index in [1.165, 1.54) is 38.1 Å². The van der Waals surface area contributed by atoms with Gasteiger partial charge >= 0.3 is 5.97 Å². The van der Waals surface area contributed by atoms with Crippen molar-refractivity contribution in [3.8, 4) is 5.75 Å². The summed E-state index contributed by atoms with van der Waals surface area (Å²) in [4.78, 5) is 131. The van der Waals surface area contributed by atoms with Crippen molar-refractivity contribution in [3.05, 3.63) is 29.8 Å². The molecule has 0 unspecified atom stereocenters. The second-order valence-corrected chi connectivity index (χ2v) is 18.0. The number of nitrogens with two attached hydrogens (primary N) is 5. The molecule has 0 spiro atoms. The van der Waals surface area contributed by atoms with Crippen molar-refractivity contribution in [2.45, 2.75) is 159 Å². The zero-order chi connectivity index (χ0) is 54.5. The van der Waals surface area contributed by atoms with Gasteiger partial charge in [0.2, 0.25) is 53.2 Å². The van der Waals surface area contributed by atoms with Crippen LogP contribution in [0.4, 0.5) is 0 Å². The number of benzene rings is 1. The Labute approximate surface area is 419 Å². The summed E-state index contributed by atoms with van der Waals surface area (Å²) in [5, 5.41) is 49.4. The molecule has 72 heavy (non-hydrogen) atoms. The molecule has 0 heterocycles. The molecule has 0 fully saturated rings. The maximum atomic E-state index is 13.9. The minimum absolute atomic E-state index is 0.0142. The Bertz CT molecular complexity index is 1940. The van der Waals surface area contributed by atoms with Crippen molar-refractivity contribution in [1.29, 1.82) is 0 Å². The van der Waals surface area contributed by atoms with E-state index in [9.17, 15) is 63.3 Å². The molecule has 406 valence electrons. The third kappa shape index (κ3) is 25.1. The van der Waals surface area contributed by atoms with Crippen LogP contribution >= 0.6 is 0 Å². The largest absolute Gasteiger partial charge is 0.508 e. The Balaban J connectivity index is 3.25. The van der Waals surface area contributed by atoms with Gasteiger partial charge in [-0.25, -0.2) is 0 Å². The van der Waals surface area contributed by atoms with Gasteiger partial charge in [-0.1, -0.05) is 32.4 Å². The summed E-state index contributed by atoms with van der Waals surface area (Å²) >= 11 is 0. The predicted molar refractivity (Wildman–Crippen MR) is 263 cm³/mol. The molecule has 9 amide bonds. The molecule has 0 saturated heterocycles. The molecular weight excluding hydrogens is 943 g/mol. The lowest BCUT2D eigenvalue weighted by molar-refractivity contribution is -0.141. The molecule has 9 atom stereocenters. The van der Waals surface area contributed by atoms with Gasteiger partial charge in [0, 0.05) is 6.42 Å². The molecule has 21 N–H and O–H groups in total. The van der Waals surface area contributed by atoms with E-state index >= 15 is 0 Å². The first-order valence-corrected chi connectivity index (χ1v) is 24.2. The molecule has 1 rings (SSSR count). The molecule has 0 radical (unpaired) electrons. The minimum atomic E-state index is -1.69.